The quantitative estimate of drug-likeness (QED) is 0.543. The second-order valence-corrected chi connectivity index (χ2v) is 7.47. The third kappa shape index (κ3) is 3.98. The van der Waals surface area contributed by atoms with Gasteiger partial charge in [-0.3, -0.25) is 9.59 Å². The number of fused-ring (bicyclic) bond motifs is 2. The van der Waals surface area contributed by atoms with E-state index < -0.39 is 5.91 Å². The van der Waals surface area contributed by atoms with E-state index in [1.54, 1.807) is 13.2 Å². The summed E-state index contributed by atoms with van der Waals surface area (Å²) in [5.74, 6) is -0.389. The van der Waals surface area contributed by atoms with Crippen LogP contribution in [0.15, 0.2) is 57.9 Å². The fourth-order valence-corrected chi connectivity index (χ4v) is 4.16. The molecule has 0 aliphatic rings. The lowest BCUT2D eigenvalue weighted by Crippen LogP contribution is -2.19. The average molecular weight is 409 g/mol. The zero-order valence-electron chi connectivity index (χ0n) is 16.0. The van der Waals surface area contributed by atoms with Crippen LogP contribution < -0.4 is 10.1 Å². The number of benzene rings is 2. The monoisotopic (exact) mass is 409 g/mol. The summed E-state index contributed by atoms with van der Waals surface area (Å²) in [7, 11) is 1.63. The number of ether oxygens (including phenoxy) is 1. The molecule has 4 rings (SSSR count). The number of methoxy groups -OCH3 is 1. The molecule has 0 radical (unpaired) electrons. The number of nitrogens with zero attached hydrogens (tertiary/aromatic N) is 2. The van der Waals surface area contributed by atoms with Crippen LogP contribution in [-0.4, -0.2) is 30.1 Å². The standard InChI is InChI=1S/C21H19N3O4S/c1-13(25)22-15-7-8-16-19(12-15)29-21(24(16)9-10-27-2)23-20(26)18-11-14-5-3-4-6-17(14)28-18/h3-8,11-12H,9-10H2,1-2H3,(H,22,25). The molecule has 8 heteroatoms. The molecule has 0 spiro atoms. The lowest BCUT2D eigenvalue weighted by molar-refractivity contribution is -0.114. The molecule has 2 aromatic heterocycles. The van der Waals surface area contributed by atoms with Crippen LogP contribution in [0.1, 0.15) is 17.5 Å². The number of hydrogen-bond acceptors (Lipinski definition) is 5. The highest BCUT2D eigenvalue weighted by molar-refractivity contribution is 7.16. The molecule has 4 aromatic rings. The minimum absolute atomic E-state index is 0.141. The fourth-order valence-electron chi connectivity index (χ4n) is 3.07. The van der Waals surface area contributed by atoms with Crippen LogP contribution in [-0.2, 0) is 16.1 Å². The SMILES string of the molecule is COCCn1c(=NC(=O)c2cc3ccccc3o2)sc2cc(NC(C)=O)ccc21. The van der Waals surface area contributed by atoms with Crippen molar-refractivity contribution in [1.29, 1.82) is 0 Å². The van der Waals surface area contributed by atoms with E-state index in [2.05, 4.69) is 10.3 Å². The van der Waals surface area contributed by atoms with E-state index in [4.69, 9.17) is 9.15 Å². The maximum atomic E-state index is 12.7. The van der Waals surface area contributed by atoms with Crippen molar-refractivity contribution in [2.75, 3.05) is 19.0 Å². The first-order valence-corrected chi connectivity index (χ1v) is 9.84. The van der Waals surface area contributed by atoms with Gasteiger partial charge in [0, 0.05) is 31.7 Å². The Balaban J connectivity index is 1.79. The average Bonchev–Trinajstić information content (AvgIpc) is 3.26. The minimum atomic E-state index is -0.444. The Bertz CT molecular complexity index is 1250. The maximum Gasteiger partial charge on any atom is 0.315 e. The third-order valence-corrected chi connectivity index (χ3v) is 5.40. The number of amides is 2. The fraction of sp³-hybridized carbons (Fsp3) is 0.190. The lowest BCUT2D eigenvalue weighted by atomic mass is 10.2. The summed E-state index contributed by atoms with van der Waals surface area (Å²) in [5, 5.41) is 3.63. The van der Waals surface area contributed by atoms with Gasteiger partial charge in [0.1, 0.15) is 5.58 Å². The molecule has 0 saturated carbocycles. The van der Waals surface area contributed by atoms with E-state index in [0.29, 0.717) is 29.2 Å². The van der Waals surface area contributed by atoms with Gasteiger partial charge < -0.3 is 19.0 Å². The summed E-state index contributed by atoms with van der Waals surface area (Å²) in [5.41, 5.74) is 2.26. The Kier molecular flexibility index (Phi) is 5.28. The van der Waals surface area contributed by atoms with Gasteiger partial charge in [-0.1, -0.05) is 29.5 Å². The van der Waals surface area contributed by atoms with Gasteiger partial charge in [-0.15, -0.1) is 0 Å². The molecule has 0 saturated heterocycles. The van der Waals surface area contributed by atoms with Gasteiger partial charge in [0.15, 0.2) is 10.6 Å². The summed E-state index contributed by atoms with van der Waals surface area (Å²) < 4.78 is 13.7. The second-order valence-electron chi connectivity index (χ2n) is 6.46. The van der Waals surface area contributed by atoms with Crippen LogP contribution in [0.25, 0.3) is 21.2 Å². The maximum absolute atomic E-state index is 12.7. The number of para-hydroxylation sites is 1. The molecule has 1 N–H and O–H groups in total. The summed E-state index contributed by atoms with van der Waals surface area (Å²) in [6.07, 6.45) is 0. The number of nitrogens with one attached hydrogen (secondary N) is 1. The van der Waals surface area contributed by atoms with Crippen molar-refractivity contribution in [1.82, 2.24) is 4.57 Å². The second kappa shape index (κ2) is 8.02. The van der Waals surface area contributed by atoms with Crippen molar-refractivity contribution in [3.05, 3.63) is 59.1 Å². The normalized spacial score (nSPS) is 12.0. The van der Waals surface area contributed by atoms with Crippen LogP contribution in [0.3, 0.4) is 0 Å². The summed E-state index contributed by atoms with van der Waals surface area (Å²) in [6.45, 7) is 2.48. The van der Waals surface area contributed by atoms with E-state index in [1.807, 2.05) is 47.0 Å². The molecular weight excluding hydrogens is 390 g/mol. The molecule has 0 aliphatic heterocycles. The van der Waals surface area contributed by atoms with Crippen LogP contribution in [0.5, 0.6) is 0 Å². The molecule has 2 heterocycles. The first-order valence-electron chi connectivity index (χ1n) is 9.03. The molecule has 29 heavy (non-hydrogen) atoms. The summed E-state index contributed by atoms with van der Waals surface area (Å²) in [6, 6.07) is 14.7. The molecule has 7 nitrogen and oxygen atoms in total. The highest BCUT2D eigenvalue weighted by Crippen LogP contribution is 2.23. The van der Waals surface area contributed by atoms with Gasteiger partial charge in [0.2, 0.25) is 5.91 Å². The molecule has 2 aromatic carbocycles. The largest absolute Gasteiger partial charge is 0.451 e. The molecule has 148 valence electrons. The van der Waals surface area contributed by atoms with Gasteiger partial charge in [-0.05, 0) is 30.3 Å². The van der Waals surface area contributed by atoms with Crippen molar-refractivity contribution in [2.45, 2.75) is 13.5 Å². The first kappa shape index (κ1) is 19.1. The number of anilines is 1. The number of carbonyl (C=O) groups is 2. The lowest BCUT2D eigenvalue weighted by Gasteiger charge is -2.05. The van der Waals surface area contributed by atoms with Gasteiger partial charge in [0.05, 0.1) is 16.8 Å². The number of thiazole rings is 1. The van der Waals surface area contributed by atoms with Gasteiger partial charge in [-0.2, -0.15) is 4.99 Å². The Morgan fingerprint density at radius 2 is 2.03 bits per heavy atom. The van der Waals surface area contributed by atoms with Crippen molar-refractivity contribution in [3.8, 4) is 0 Å². The van der Waals surface area contributed by atoms with Crippen LogP contribution in [0.2, 0.25) is 0 Å². The first-order chi connectivity index (χ1) is 14.0. The van der Waals surface area contributed by atoms with Crippen molar-refractivity contribution in [2.24, 2.45) is 4.99 Å². The Hall–Kier alpha value is -3.23. The van der Waals surface area contributed by atoms with Gasteiger partial charge >= 0.3 is 5.91 Å². The number of rotatable bonds is 5. The van der Waals surface area contributed by atoms with E-state index in [9.17, 15) is 9.59 Å². The zero-order chi connectivity index (χ0) is 20.4. The Labute approximate surface area is 170 Å². The highest BCUT2D eigenvalue weighted by Gasteiger charge is 2.14. The number of aromatic nitrogens is 1. The van der Waals surface area contributed by atoms with Crippen LogP contribution in [0.4, 0.5) is 5.69 Å². The Morgan fingerprint density at radius 1 is 1.21 bits per heavy atom. The number of furan rings is 1. The van der Waals surface area contributed by atoms with Crippen molar-refractivity contribution < 1.29 is 18.7 Å². The molecule has 0 unspecified atom stereocenters. The molecule has 0 aliphatic carbocycles. The minimum Gasteiger partial charge on any atom is -0.451 e. The topological polar surface area (TPSA) is 85.8 Å². The van der Waals surface area contributed by atoms with E-state index in [1.165, 1.54) is 18.3 Å². The smallest absolute Gasteiger partial charge is 0.315 e. The van der Waals surface area contributed by atoms with E-state index in [-0.39, 0.29) is 11.7 Å². The van der Waals surface area contributed by atoms with Crippen LogP contribution >= 0.6 is 11.3 Å². The van der Waals surface area contributed by atoms with Gasteiger partial charge in [0.25, 0.3) is 0 Å². The predicted molar refractivity (Wildman–Crippen MR) is 112 cm³/mol. The third-order valence-electron chi connectivity index (χ3n) is 4.36. The molecular formula is C21H19N3O4S. The summed E-state index contributed by atoms with van der Waals surface area (Å²) in [4.78, 5) is 28.9. The zero-order valence-corrected chi connectivity index (χ0v) is 16.8. The van der Waals surface area contributed by atoms with E-state index in [0.717, 1.165) is 15.6 Å². The van der Waals surface area contributed by atoms with Crippen molar-refractivity contribution >= 4 is 50.0 Å². The van der Waals surface area contributed by atoms with Gasteiger partial charge in [-0.25, -0.2) is 0 Å². The Morgan fingerprint density at radius 3 is 2.79 bits per heavy atom. The molecule has 2 amide bonds. The predicted octanol–water partition coefficient (Wildman–Crippen LogP) is 3.79. The van der Waals surface area contributed by atoms with Crippen LogP contribution in [0, 0.1) is 0 Å². The number of carbonyl (C=O) groups excluding carboxylic acids is 2. The molecule has 0 atom stereocenters. The number of hydrogen-bond donors (Lipinski definition) is 1. The molecule has 0 fully saturated rings. The summed E-state index contributed by atoms with van der Waals surface area (Å²) >= 11 is 1.37. The highest BCUT2D eigenvalue weighted by atomic mass is 32.1. The van der Waals surface area contributed by atoms with Crippen molar-refractivity contribution in [3.63, 3.8) is 0 Å². The van der Waals surface area contributed by atoms with E-state index >= 15 is 0 Å². The molecule has 0 bridgehead atoms.